The van der Waals surface area contributed by atoms with E-state index in [9.17, 15) is 13.6 Å². The van der Waals surface area contributed by atoms with Crippen LogP contribution in [0.25, 0.3) is 10.9 Å². The number of nitrogens with zero attached hydrogens (tertiary/aromatic N) is 3. The molecule has 4 rings (SSSR count). The van der Waals surface area contributed by atoms with E-state index in [-0.39, 0.29) is 16.9 Å². The number of carbonyl (C=O) groups is 1. The molecule has 4 aromatic rings. The molecule has 0 fully saturated rings. The molecule has 0 radical (unpaired) electrons. The first-order chi connectivity index (χ1) is 14.6. The molecule has 4 N–H and O–H groups in total. The predicted octanol–water partition coefficient (Wildman–Crippen LogP) is 3.74. The highest BCUT2D eigenvalue weighted by atomic mass is 32.2. The molecule has 0 aliphatic heterocycles. The largest absolute Gasteiger partial charge is 0.361 e. The fraction of sp³-hybridized carbons (Fsp3) is 0.0526. The van der Waals surface area contributed by atoms with Crippen LogP contribution in [0.4, 0.5) is 20.4 Å². The predicted molar refractivity (Wildman–Crippen MR) is 112 cm³/mol. The summed E-state index contributed by atoms with van der Waals surface area (Å²) in [5.41, 5.74) is 4.16. The smallest absolute Gasteiger partial charge is 0.240 e. The van der Waals surface area contributed by atoms with E-state index in [2.05, 4.69) is 36.0 Å². The standard InChI is InChI=1S/C19H15F2N7OS/c20-13-5-3-6-14(21)17(13)24-16(29)10-30-19-25-18(27-28-19)26-23-9-11-8-22-15-7-2-1-4-12(11)15/h1-9,22H,10H2,(H,24,29)(H2,25,26,27,28). The highest BCUT2D eigenvalue weighted by Crippen LogP contribution is 2.20. The molecule has 30 heavy (non-hydrogen) atoms. The molecule has 0 aliphatic carbocycles. The number of H-pyrrole nitrogens is 2. The summed E-state index contributed by atoms with van der Waals surface area (Å²) in [5.74, 6) is -2.10. The minimum Gasteiger partial charge on any atom is -0.361 e. The number of nitrogens with one attached hydrogen (secondary N) is 4. The normalized spacial score (nSPS) is 11.3. The Morgan fingerprint density at radius 2 is 1.97 bits per heavy atom. The number of hydrogen-bond acceptors (Lipinski definition) is 6. The van der Waals surface area contributed by atoms with Crippen LogP contribution < -0.4 is 10.7 Å². The van der Waals surface area contributed by atoms with Crippen molar-refractivity contribution in [3.05, 3.63) is 65.9 Å². The molecule has 0 unspecified atom stereocenters. The fourth-order valence-electron chi connectivity index (χ4n) is 2.65. The van der Waals surface area contributed by atoms with Crippen molar-refractivity contribution in [1.29, 1.82) is 0 Å². The highest BCUT2D eigenvalue weighted by Gasteiger charge is 2.13. The van der Waals surface area contributed by atoms with Crippen molar-refractivity contribution < 1.29 is 13.6 Å². The average Bonchev–Trinajstić information content (AvgIpc) is 3.37. The summed E-state index contributed by atoms with van der Waals surface area (Å²) in [6.45, 7) is 0. The SMILES string of the molecule is O=C(CSc1n[nH]c(NN=Cc2c[nH]c3ccccc23)n1)Nc1c(F)cccc1F. The topological polar surface area (TPSA) is 111 Å². The van der Waals surface area contributed by atoms with Crippen molar-refractivity contribution >= 4 is 46.4 Å². The molecule has 0 saturated carbocycles. The number of aromatic nitrogens is 4. The number of carbonyl (C=O) groups excluding carboxylic acids is 1. The van der Waals surface area contributed by atoms with Gasteiger partial charge in [-0.05, 0) is 18.2 Å². The lowest BCUT2D eigenvalue weighted by atomic mass is 10.2. The van der Waals surface area contributed by atoms with Crippen LogP contribution in [0.3, 0.4) is 0 Å². The van der Waals surface area contributed by atoms with Gasteiger partial charge in [0.15, 0.2) is 0 Å². The van der Waals surface area contributed by atoms with Crippen LogP contribution in [0.15, 0.2) is 58.9 Å². The number of hydrogen-bond donors (Lipinski definition) is 4. The maximum Gasteiger partial charge on any atom is 0.240 e. The molecule has 8 nitrogen and oxygen atoms in total. The van der Waals surface area contributed by atoms with Gasteiger partial charge in [-0.2, -0.15) is 10.1 Å². The second-order valence-corrected chi connectivity index (χ2v) is 7.00. The number of anilines is 2. The summed E-state index contributed by atoms with van der Waals surface area (Å²) >= 11 is 1.01. The van der Waals surface area contributed by atoms with E-state index < -0.39 is 23.2 Å². The second-order valence-electron chi connectivity index (χ2n) is 6.06. The van der Waals surface area contributed by atoms with Gasteiger partial charge >= 0.3 is 0 Å². The van der Waals surface area contributed by atoms with E-state index >= 15 is 0 Å². The molecular weight excluding hydrogens is 412 g/mol. The first kappa shape index (κ1) is 19.6. The van der Waals surface area contributed by atoms with Gasteiger partial charge in [-0.3, -0.25) is 4.79 Å². The molecule has 0 aliphatic rings. The monoisotopic (exact) mass is 427 g/mol. The highest BCUT2D eigenvalue weighted by molar-refractivity contribution is 7.99. The van der Waals surface area contributed by atoms with Crippen molar-refractivity contribution in [3.63, 3.8) is 0 Å². The third-order valence-corrected chi connectivity index (χ3v) is 4.87. The molecule has 0 saturated heterocycles. The Morgan fingerprint density at radius 3 is 2.80 bits per heavy atom. The lowest BCUT2D eigenvalue weighted by Crippen LogP contribution is -2.16. The zero-order valence-corrected chi connectivity index (χ0v) is 16.1. The minimum absolute atomic E-state index is 0.121. The molecule has 2 aromatic heterocycles. The van der Waals surface area contributed by atoms with E-state index in [4.69, 9.17) is 0 Å². The molecule has 11 heteroatoms. The zero-order chi connectivity index (χ0) is 20.9. The first-order valence-corrected chi connectivity index (χ1v) is 9.73. The van der Waals surface area contributed by atoms with E-state index in [1.54, 1.807) is 6.21 Å². The van der Waals surface area contributed by atoms with Gasteiger partial charge in [-0.15, -0.1) is 5.10 Å². The van der Waals surface area contributed by atoms with Crippen molar-refractivity contribution in [2.24, 2.45) is 5.10 Å². The Balaban J connectivity index is 1.30. The first-order valence-electron chi connectivity index (χ1n) is 8.74. The quantitative estimate of drug-likeness (QED) is 0.204. The van der Waals surface area contributed by atoms with E-state index in [0.717, 1.165) is 40.4 Å². The van der Waals surface area contributed by atoms with Gasteiger partial charge in [0.25, 0.3) is 0 Å². The van der Waals surface area contributed by atoms with Gasteiger partial charge in [0, 0.05) is 22.7 Å². The molecular formula is C19H15F2N7OS. The number of para-hydroxylation sites is 2. The summed E-state index contributed by atoms with van der Waals surface area (Å²) in [4.78, 5) is 19.2. The molecule has 152 valence electrons. The van der Waals surface area contributed by atoms with Crippen LogP contribution in [-0.4, -0.2) is 38.0 Å². The Labute approximate surface area is 173 Å². The Hall–Kier alpha value is -3.73. The van der Waals surface area contributed by atoms with Crippen LogP contribution in [0.5, 0.6) is 0 Å². The van der Waals surface area contributed by atoms with Gasteiger partial charge in [0.05, 0.1) is 12.0 Å². The summed E-state index contributed by atoms with van der Waals surface area (Å²) < 4.78 is 27.1. The minimum atomic E-state index is -0.842. The van der Waals surface area contributed by atoms with Gasteiger partial charge in [0.2, 0.25) is 17.0 Å². The van der Waals surface area contributed by atoms with Gasteiger partial charge in [-0.25, -0.2) is 19.3 Å². The van der Waals surface area contributed by atoms with Crippen LogP contribution >= 0.6 is 11.8 Å². The summed E-state index contributed by atoms with van der Waals surface area (Å²) in [6, 6.07) is 11.2. The van der Waals surface area contributed by atoms with Gasteiger partial charge in [-0.1, -0.05) is 36.0 Å². The summed E-state index contributed by atoms with van der Waals surface area (Å²) in [7, 11) is 0. The Morgan fingerprint density at radius 1 is 1.17 bits per heavy atom. The maximum atomic E-state index is 13.6. The van der Waals surface area contributed by atoms with Crippen LogP contribution in [0, 0.1) is 11.6 Å². The van der Waals surface area contributed by atoms with Gasteiger partial charge in [0.1, 0.15) is 17.3 Å². The number of thioether (sulfide) groups is 1. The third-order valence-electron chi connectivity index (χ3n) is 4.02. The number of halogens is 2. The van der Waals surface area contributed by atoms with E-state index in [0.29, 0.717) is 0 Å². The Kier molecular flexibility index (Phi) is 5.70. The molecule has 0 spiro atoms. The number of rotatable bonds is 7. The number of hydrazone groups is 1. The molecule has 0 atom stereocenters. The zero-order valence-electron chi connectivity index (χ0n) is 15.3. The van der Waals surface area contributed by atoms with Crippen molar-refractivity contribution in [2.75, 3.05) is 16.5 Å². The fourth-order valence-corrected chi connectivity index (χ4v) is 3.25. The van der Waals surface area contributed by atoms with Crippen molar-refractivity contribution in [3.8, 4) is 0 Å². The van der Waals surface area contributed by atoms with Crippen LogP contribution in [-0.2, 0) is 4.79 Å². The second kappa shape index (κ2) is 8.74. The molecule has 2 heterocycles. The Bertz CT molecular complexity index is 1200. The van der Waals surface area contributed by atoms with Crippen LogP contribution in [0.1, 0.15) is 5.56 Å². The molecule has 1 amide bonds. The number of aromatic amines is 2. The van der Waals surface area contributed by atoms with Crippen molar-refractivity contribution in [1.82, 2.24) is 20.2 Å². The average molecular weight is 427 g/mol. The van der Waals surface area contributed by atoms with E-state index in [1.807, 2.05) is 30.5 Å². The lowest BCUT2D eigenvalue weighted by molar-refractivity contribution is -0.113. The number of benzene rings is 2. The van der Waals surface area contributed by atoms with Crippen molar-refractivity contribution in [2.45, 2.75) is 5.16 Å². The number of fused-ring (bicyclic) bond motifs is 1. The number of amides is 1. The van der Waals surface area contributed by atoms with Crippen LogP contribution in [0.2, 0.25) is 0 Å². The lowest BCUT2D eigenvalue weighted by Gasteiger charge is -2.06. The third kappa shape index (κ3) is 4.46. The molecule has 0 bridgehead atoms. The summed E-state index contributed by atoms with van der Waals surface area (Å²) in [5, 5.41) is 14.2. The maximum absolute atomic E-state index is 13.6. The van der Waals surface area contributed by atoms with Gasteiger partial charge < -0.3 is 10.3 Å². The molecule has 2 aromatic carbocycles. The van der Waals surface area contributed by atoms with E-state index in [1.165, 1.54) is 6.07 Å². The summed E-state index contributed by atoms with van der Waals surface area (Å²) in [6.07, 6.45) is 3.49.